The van der Waals surface area contributed by atoms with Gasteiger partial charge in [0.25, 0.3) is 5.91 Å². The first-order valence-electron chi connectivity index (χ1n) is 4.47. The van der Waals surface area contributed by atoms with E-state index in [0.29, 0.717) is 15.1 Å². The topological polar surface area (TPSA) is 72.2 Å². The Morgan fingerprint density at radius 3 is 2.62 bits per heavy atom. The molecule has 0 aliphatic heterocycles. The maximum absolute atomic E-state index is 11.6. The number of nitrogens with two attached hydrogens (primary N) is 1. The van der Waals surface area contributed by atoms with E-state index in [1.165, 1.54) is 6.92 Å². The Morgan fingerprint density at radius 1 is 1.50 bits per heavy atom. The van der Waals surface area contributed by atoms with Gasteiger partial charge in [-0.15, -0.1) is 0 Å². The van der Waals surface area contributed by atoms with Crippen molar-refractivity contribution in [3.8, 4) is 0 Å². The van der Waals surface area contributed by atoms with Gasteiger partial charge in [0.2, 0.25) is 5.91 Å². The van der Waals surface area contributed by atoms with Crippen LogP contribution >= 0.6 is 27.5 Å². The lowest BCUT2D eigenvalue weighted by Crippen LogP contribution is -2.42. The molecular weight excluding hydrogens is 295 g/mol. The molecule has 0 spiro atoms. The fraction of sp³-hybridized carbons (Fsp3) is 0.200. The van der Waals surface area contributed by atoms with Gasteiger partial charge in [-0.2, -0.15) is 0 Å². The van der Waals surface area contributed by atoms with E-state index in [9.17, 15) is 9.59 Å². The number of primary amides is 1. The normalized spacial score (nSPS) is 11.9. The zero-order valence-corrected chi connectivity index (χ0v) is 10.8. The van der Waals surface area contributed by atoms with Crippen molar-refractivity contribution < 1.29 is 9.59 Å². The standard InChI is InChI=1S/C10H10BrClN2O2/c1-5(9(13)15)14-10(16)6-2-3-8(12)7(11)4-6/h2-5H,1H3,(H2,13,15)(H,14,16). The quantitative estimate of drug-likeness (QED) is 0.892. The van der Waals surface area contributed by atoms with Gasteiger partial charge in [-0.25, -0.2) is 0 Å². The van der Waals surface area contributed by atoms with Crippen LogP contribution in [0.4, 0.5) is 0 Å². The SMILES string of the molecule is CC(NC(=O)c1ccc(Cl)c(Br)c1)C(N)=O. The van der Waals surface area contributed by atoms with Crippen LogP contribution in [0.1, 0.15) is 17.3 Å². The van der Waals surface area contributed by atoms with E-state index in [2.05, 4.69) is 21.2 Å². The minimum absolute atomic E-state index is 0.372. The molecule has 0 aromatic heterocycles. The molecule has 1 atom stereocenters. The van der Waals surface area contributed by atoms with Gasteiger partial charge < -0.3 is 11.1 Å². The van der Waals surface area contributed by atoms with Crippen LogP contribution < -0.4 is 11.1 Å². The van der Waals surface area contributed by atoms with E-state index in [1.807, 2.05) is 0 Å². The number of benzene rings is 1. The lowest BCUT2D eigenvalue weighted by atomic mass is 10.2. The molecule has 0 aliphatic rings. The molecule has 2 amide bonds. The highest BCUT2D eigenvalue weighted by atomic mass is 79.9. The van der Waals surface area contributed by atoms with Crippen molar-refractivity contribution in [2.75, 3.05) is 0 Å². The Bertz CT molecular complexity index is 437. The second-order valence-electron chi connectivity index (χ2n) is 3.23. The Labute approximate surface area is 106 Å². The molecule has 0 radical (unpaired) electrons. The van der Waals surface area contributed by atoms with Gasteiger partial charge in [0.1, 0.15) is 6.04 Å². The largest absolute Gasteiger partial charge is 0.368 e. The van der Waals surface area contributed by atoms with Crippen molar-refractivity contribution in [3.63, 3.8) is 0 Å². The van der Waals surface area contributed by atoms with Crippen LogP contribution in [0.5, 0.6) is 0 Å². The molecule has 1 aromatic rings. The first-order valence-corrected chi connectivity index (χ1v) is 5.64. The van der Waals surface area contributed by atoms with E-state index in [-0.39, 0.29) is 5.91 Å². The van der Waals surface area contributed by atoms with Gasteiger partial charge in [-0.1, -0.05) is 11.6 Å². The molecule has 86 valence electrons. The van der Waals surface area contributed by atoms with E-state index < -0.39 is 11.9 Å². The summed E-state index contributed by atoms with van der Waals surface area (Å²) in [7, 11) is 0. The predicted molar refractivity (Wildman–Crippen MR) is 65.3 cm³/mol. The van der Waals surface area contributed by atoms with Crippen molar-refractivity contribution in [2.45, 2.75) is 13.0 Å². The summed E-state index contributed by atoms with van der Waals surface area (Å²) < 4.78 is 0.619. The molecule has 0 aliphatic carbocycles. The number of hydrogen-bond donors (Lipinski definition) is 2. The molecule has 1 aromatic carbocycles. The monoisotopic (exact) mass is 304 g/mol. The number of carbonyl (C=O) groups is 2. The number of hydrogen-bond acceptors (Lipinski definition) is 2. The minimum atomic E-state index is -0.707. The first-order chi connectivity index (χ1) is 7.41. The lowest BCUT2D eigenvalue weighted by Gasteiger charge is -2.10. The number of halogens is 2. The van der Waals surface area contributed by atoms with E-state index in [0.717, 1.165) is 0 Å². The highest BCUT2D eigenvalue weighted by molar-refractivity contribution is 9.10. The van der Waals surface area contributed by atoms with Crippen LogP contribution in [-0.4, -0.2) is 17.9 Å². The summed E-state index contributed by atoms with van der Waals surface area (Å²) in [6, 6.07) is 4.03. The van der Waals surface area contributed by atoms with Gasteiger partial charge in [-0.05, 0) is 41.1 Å². The second kappa shape index (κ2) is 5.32. The zero-order chi connectivity index (χ0) is 12.3. The van der Waals surface area contributed by atoms with E-state index >= 15 is 0 Å². The average molecular weight is 306 g/mol. The summed E-state index contributed by atoms with van der Waals surface area (Å²) in [4.78, 5) is 22.4. The van der Waals surface area contributed by atoms with Gasteiger partial charge in [-0.3, -0.25) is 9.59 Å². The van der Waals surface area contributed by atoms with Crippen molar-refractivity contribution >= 4 is 39.3 Å². The molecule has 4 nitrogen and oxygen atoms in total. The number of nitrogens with one attached hydrogen (secondary N) is 1. The molecule has 3 N–H and O–H groups in total. The van der Waals surface area contributed by atoms with E-state index in [4.69, 9.17) is 17.3 Å². The third-order valence-electron chi connectivity index (χ3n) is 1.96. The first kappa shape index (κ1) is 13.0. The van der Waals surface area contributed by atoms with Gasteiger partial charge in [0.15, 0.2) is 0 Å². The molecule has 16 heavy (non-hydrogen) atoms. The maximum Gasteiger partial charge on any atom is 0.251 e. The molecule has 0 saturated carbocycles. The summed E-state index contributed by atoms with van der Waals surface area (Å²) in [5, 5.41) is 2.98. The Morgan fingerprint density at radius 2 is 2.12 bits per heavy atom. The predicted octanol–water partition coefficient (Wildman–Crippen LogP) is 1.71. The fourth-order valence-corrected chi connectivity index (χ4v) is 1.48. The highest BCUT2D eigenvalue weighted by Crippen LogP contribution is 2.23. The third kappa shape index (κ3) is 3.21. The van der Waals surface area contributed by atoms with Crippen molar-refractivity contribution in [1.82, 2.24) is 5.32 Å². The zero-order valence-electron chi connectivity index (χ0n) is 8.46. The highest BCUT2D eigenvalue weighted by Gasteiger charge is 2.14. The molecule has 6 heteroatoms. The molecule has 0 saturated heterocycles. The molecule has 1 unspecified atom stereocenters. The van der Waals surface area contributed by atoms with Crippen molar-refractivity contribution in [2.24, 2.45) is 5.73 Å². The van der Waals surface area contributed by atoms with Crippen LogP contribution in [0.3, 0.4) is 0 Å². The maximum atomic E-state index is 11.6. The molecule has 0 bridgehead atoms. The minimum Gasteiger partial charge on any atom is -0.368 e. The molecule has 0 fully saturated rings. The Kier molecular flexibility index (Phi) is 4.32. The Hall–Kier alpha value is -1.07. The fourth-order valence-electron chi connectivity index (χ4n) is 0.988. The van der Waals surface area contributed by atoms with Crippen molar-refractivity contribution in [3.05, 3.63) is 33.3 Å². The molecular formula is C10H10BrClN2O2. The smallest absolute Gasteiger partial charge is 0.251 e. The van der Waals surface area contributed by atoms with Gasteiger partial charge in [0.05, 0.1) is 5.02 Å². The van der Waals surface area contributed by atoms with Gasteiger partial charge >= 0.3 is 0 Å². The summed E-state index contributed by atoms with van der Waals surface area (Å²) in [6.45, 7) is 1.52. The van der Waals surface area contributed by atoms with E-state index in [1.54, 1.807) is 18.2 Å². The Balaban J connectivity index is 2.81. The van der Waals surface area contributed by atoms with Crippen LogP contribution in [0.25, 0.3) is 0 Å². The molecule has 0 heterocycles. The van der Waals surface area contributed by atoms with Crippen molar-refractivity contribution in [1.29, 1.82) is 0 Å². The van der Waals surface area contributed by atoms with Crippen LogP contribution in [0.15, 0.2) is 22.7 Å². The van der Waals surface area contributed by atoms with Crippen LogP contribution in [0.2, 0.25) is 5.02 Å². The summed E-state index contributed by atoms with van der Waals surface area (Å²) in [5.74, 6) is -0.954. The molecule has 1 rings (SSSR count). The number of amides is 2. The second-order valence-corrected chi connectivity index (χ2v) is 4.49. The summed E-state index contributed by atoms with van der Waals surface area (Å²) in [5.41, 5.74) is 5.44. The number of rotatable bonds is 3. The summed E-state index contributed by atoms with van der Waals surface area (Å²) in [6.07, 6.45) is 0. The van der Waals surface area contributed by atoms with Crippen LogP contribution in [0, 0.1) is 0 Å². The third-order valence-corrected chi connectivity index (χ3v) is 3.17. The lowest BCUT2D eigenvalue weighted by molar-refractivity contribution is -0.119. The van der Waals surface area contributed by atoms with Gasteiger partial charge in [0, 0.05) is 10.0 Å². The average Bonchev–Trinajstić information content (AvgIpc) is 2.21. The number of carbonyl (C=O) groups excluding carboxylic acids is 2. The van der Waals surface area contributed by atoms with Crippen LogP contribution in [-0.2, 0) is 4.79 Å². The summed E-state index contributed by atoms with van der Waals surface area (Å²) >= 11 is 8.99.